The highest BCUT2D eigenvalue weighted by Gasteiger charge is 2.28. The number of methoxy groups -OCH3 is 1. The maximum Gasteiger partial charge on any atom is 0.282 e. The molecule has 0 radical (unpaired) electrons. The van der Waals surface area contributed by atoms with E-state index in [1.807, 2.05) is 25.1 Å². The molecule has 0 spiro atoms. The van der Waals surface area contributed by atoms with Crippen LogP contribution in [0.5, 0.6) is 5.75 Å². The van der Waals surface area contributed by atoms with Gasteiger partial charge in [-0.3, -0.25) is 24.8 Å². The lowest BCUT2D eigenvalue weighted by atomic mass is 10.1. The molecule has 0 unspecified atom stereocenters. The van der Waals surface area contributed by atoms with Crippen molar-refractivity contribution in [2.45, 2.75) is 13.5 Å². The van der Waals surface area contributed by atoms with Gasteiger partial charge in [-0.1, -0.05) is 35.6 Å². The lowest BCUT2D eigenvalue weighted by molar-refractivity contribution is -0.385. The number of aryl methyl sites for hydroxylation is 1. The van der Waals surface area contributed by atoms with Gasteiger partial charge in [0.1, 0.15) is 16.8 Å². The monoisotopic (exact) mass is 434 g/mol. The van der Waals surface area contributed by atoms with Crippen molar-refractivity contribution in [2.24, 2.45) is 0 Å². The number of aromatic nitrogens is 2. The molecular formula is C22H18N4O4S. The van der Waals surface area contributed by atoms with Gasteiger partial charge < -0.3 is 4.74 Å². The summed E-state index contributed by atoms with van der Waals surface area (Å²) >= 11 is 1.34. The van der Waals surface area contributed by atoms with Crippen LogP contribution in [-0.4, -0.2) is 27.9 Å². The molecule has 0 aliphatic rings. The minimum Gasteiger partial charge on any atom is -0.494 e. The van der Waals surface area contributed by atoms with Crippen molar-refractivity contribution in [2.75, 3.05) is 12.0 Å². The second-order valence-electron chi connectivity index (χ2n) is 6.79. The third kappa shape index (κ3) is 3.95. The van der Waals surface area contributed by atoms with Crippen LogP contribution in [-0.2, 0) is 6.54 Å². The average Bonchev–Trinajstić information content (AvgIpc) is 3.24. The van der Waals surface area contributed by atoms with Gasteiger partial charge in [-0.25, -0.2) is 4.98 Å². The standard InChI is InChI=1S/C22H18N4O4S/c1-14-9-10-18(30-2)19-20(14)31-22(24-19)25(13-15-6-5-11-23-12-15)21(27)16-7-3-4-8-17(16)26(28)29/h3-12H,13H2,1-2H3. The van der Waals surface area contributed by atoms with E-state index in [-0.39, 0.29) is 17.8 Å². The second kappa shape index (κ2) is 8.49. The summed E-state index contributed by atoms with van der Waals surface area (Å²) < 4.78 is 6.32. The van der Waals surface area contributed by atoms with Crippen molar-refractivity contribution in [3.63, 3.8) is 0 Å². The molecule has 31 heavy (non-hydrogen) atoms. The zero-order valence-electron chi connectivity index (χ0n) is 16.8. The third-order valence-electron chi connectivity index (χ3n) is 4.78. The van der Waals surface area contributed by atoms with Gasteiger partial charge in [0.05, 0.1) is 23.3 Å². The Bertz CT molecular complexity index is 1270. The van der Waals surface area contributed by atoms with E-state index >= 15 is 0 Å². The van der Waals surface area contributed by atoms with E-state index in [1.54, 1.807) is 31.6 Å². The number of carbonyl (C=O) groups excluding carboxylic acids is 1. The normalized spacial score (nSPS) is 10.8. The molecule has 1 amide bonds. The zero-order chi connectivity index (χ0) is 22.0. The molecule has 9 heteroatoms. The smallest absolute Gasteiger partial charge is 0.282 e. The number of ether oxygens (including phenoxy) is 1. The maximum absolute atomic E-state index is 13.5. The van der Waals surface area contributed by atoms with Crippen molar-refractivity contribution in [1.82, 2.24) is 9.97 Å². The fourth-order valence-electron chi connectivity index (χ4n) is 3.24. The molecule has 8 nitrogen and oxygen atoms in total. The van der Waals surface area contributed by atoms with Crippen LogP contribution in [0.4, 0.5) is 10.8 Å². The molecule has 4 rings (SSSR count). The molecule has 2 heterocycles. The minimum absolute atomic E-state index is 0.000617. The summed E-state index contributed by atoms with van der Waals surface area (Å²) in [5.41, 5.74) is 2.17. The number of thiazole rings is 1. The lowest BCUT2D eigenvalue weighted by Crippen LogP contribution is -2.31. The Morgan fingerprint density at radius 3 is 2.71 bits per heavy atom. The van der Waals surface area contributed by atoms with Crippen molar-refractivity contribution in [3.05, 3.63) is 87.7 Å². The minimum atomic E-state index is -0.555. The molecule has 0 bridgehead atoms. The fraction of sp³-hybridized carbons (Fsp3) is 0.136. The number of benzene rings is 2. The molecule has 0 aliphatic heterocycles. The maximum atomic E-state index is 13.5. The van der Waals surface area contributed by atoms with Gasteiger partial charge in [-0.05, 0) is 36.2 Å². The Balaban J connectivity index is 1.86. The highest BCUT2D eigenvalue weighted by atomic mass is 32.1. The Morgan fingerprint density at radius 2 is 2.00 bits per heavy atom. The van der Waals surface area contributed by atoms with Crippen molar-refractivity contribution >= 4 is 38.3 Å². The van der Waals surface area contributed by atoms with Crippen LogP contribution in [0.25, 0.3) is 10.2 Å². The quantitative estimate of drug-likeness (QED) is 0.320. The summed E-state index contributed by atoms with van der Waals surface area (Å²) in [4.78, 5) is 34.7. The number of pyridine rings is 1. The number of nitro benzene ring substituents is 1. The SMILES string of the molecule is COc1ccc(C)c2sc(N(Cc3cccnc3)C(=O)c3ccccc3[N+](=O)[O-])nc12. The first-order valence-electron chi connectivity index (χ1n) is 9.38. The van der Waals surface area contributed by atoms with E-state index in [9.17, 15) is 14.9 Å². The summed E-state index contributed by atoms with van der Waals surface area (Å²) in [6.45, 7) is 2.12. The number of anilines is 1. The molecular weight excluding hydrogens is 416 g/mol. The number of carbonyl (C=O) groups is 1. The second-order valence-corrected chi connectivity index (χ2v) is 7.76. The van der Waals surface area contributed by atoms with Crippen LogP contribution in [0.1, 0.15) is 21.5 Å². The van der Waals surface area contributed by atoms with Crippen LogP contribution >= 0.6 is 11.3 Å². The Kier molecular flexibility index (Phi) is 5.59. The van der Waals surface area contributed by atoms with Crippen molar-refractivity contribution in [3.8, 4) is 5.75 Å². The van der Waals surface area contributed by atoms with Crippen LogP contribution in [0, 0.1) is 17.0 Å². The third-order valence-corrected chi connectivity index (χ3v) is 6.00. The van der Waals surface area contributed by atoms with Gasteiger partial charge in [0.15, 0.2) is 5.13 Å². The van der Waals surface area contributed by atoms with Gasteiger partial charge >= 0.3 is 0 Å². The summed E-state index contributed by atoms with van der Waals surface area (Å²) in [6.07, 6.45) is 3.29. The van der Waals surface area contributed by atoms with Crippen LogP contribution in [0.2, 0.25) is 0 Å². The number of amides is 1. The number of hydrogen-bond acceptors (Lipinski definition) is 7. The summed E-state index contributed by atoms with van der Waals surface area (Å²) in [5, 5.41) is 11.9. The van der Waals surface area contributed by atoms with Crippen LogP contribution in [0.15, 0.2) is 60.9 Å². The largest absolute Gasteiger partial charge is 0.494 e. The van der Waals surface area contributed by atoms with E-state index in [0.717, 1.165) is 15.8 Å². The van der Waals surface area contributed by atoms with E-state index in [1.165, 1.54) is 34.4 Å². The van der Waals surface area contributed by atoms with Gasteiger partial charge in [-0.15, -0.1) is 0 Å². The predicted octanol–water partition coefficient (Wildman–Crippen LogP) is 4.76. The molecule has 156 valence electrons. The summed E-state index contributed by atoms with van der Waals surface area (Å²) in [6, 6.07) is 13.3. The molecule has 4 aromatic rings. The van der Waals surface area contributed by atoms with Gasteiger partial charge in [0, 0.05) is 18.5 Å². The number of nitrogens with zero attached hydrogens (tertiary/aromatic N) is 4. The Morgan fingerprint density at radius 1 is 1.19 bits per heavy atom. The number of nitro groups is 1. The predicted molar refractivity (Wildman–Crippen MR) is 119 cm³/mol. The first-order chi connectivity index (χ1) is 15.0. The fourth-order valence-corrected chi connectivity index (χ4v) is 4.29. The molecule has 0 fully saturated rings. The van der Waals surface area contributed by atoms with Crippen molar-refractivity contribution in [1.29, 1.82) is 0 Å². The molecule has 0 aliphatic carbocycles. The average molecular weight is 434 g/mol. The molecule has 0 saturated heterocycles. The van der Waals surface area contributed by atoms with E-state index in [4.69, 9.17) is 4.74 Å². The number of para-hydroxylation sites is 1. The summed E-state index contributed by atoms with van der Waals surface area (Å²) in [7, 11) is 1.56. The lowest BCUT2D eigenvalue weighted by Gasteiger charge is -2.20. The first kappa shape index (κ1) is 20.4. The first-order valence-corrected chi connectivity index (χ1v) is 10.2. The van der Waals surface area contributed by atoms with Gasteiger partial charge in [-0.2, -0.15) is 0 Å². The van der Waals surface area contributed by atoms with E-state index in [0.29, 0.717) is 16.4 Å². The molecule has 0 atom stereocenters. The van der Waals surface area contributed by atoms with Gasteiger partial charge in [0.25, 0.3) is 11.6 Å². The number of fused-ring (bicyclic) bond motifs is 1. The Labute approximate surface area is 181 Å². The molecule has 2 aromatic carbocycles. The highest BCUT2D eigenvalue weighted by molar-refractivity contribution is 7.22. The van der Waals surface area contributed by atoms with E-state index < -0.39 is 10.8 Å². The topological polar surface area (TPSA) is 98.5 Å². The Hall–Kier alpha value is -3.85. The molecule has 0 N–H and O–H groups in total. The molecule has 2 aromatic heterocycles. The van der Waals surface area contributed by atoms with Gasteiger partial charge in [0.2, 0.25) is 0 Å². The van der Waals surface area contributed by atoms with Crippen LogP contribution < -0.4 is 9.64 Å². The highest BCUT2D eigenvalue weighted by Crippen LogP contribution is 2.37. The van der Waals surface area contributed by atoms with E-state index in [2.05, 4.69) is 9.97 Å². The van der Waals surface area contributed by atoms with Crippen molar-refractivity contribution < 1.29 is 14.5 Å². The molecule has 0 saturated carbocycles. The number of rotatable bonds is 6. The summed E-state index contributed by atoms with van der Waals surface area (Å²) in [5.74, 6) is 0.0920. The number of hydrogen-bond donors (Lipinski definition) is 0. The van der Waals surface area contributed by atoms with Crippen LogP contribution in [0.3, 0.4) is 0 Å². The zero-order valence-corrected chi connectivity index (χ0v) is 17.6.